The van der Waals surface area contributed by atoms with Crippen molar-refractivity contribution in [1.82, 2.24) is 4.37 Å². The van der Waals surface area contributed by atoms with Crippen LogP contribution in [0.25, 0.3) is 21.6 Å². The SMILES string of the molecule is CC(OC(=O)Nc1cnsc1-c1ccc(-c2ccc(C3(C(=O)O)CC3)cc2)cc1)c1ccccc1. The zero-order valence-corrected chi connectivity index (χ0v) is 19.9. The second kappa shape index (κ2) is 9.35. The standard InChI is InChI=1S/C28H24N2O4S/c1-18(19-5-3-2-4-6-19)34-27(33)30-24-17-29-35-25(24)22-9-7-20(8-10-22)21-11-13-23(14-12-21)28(15-16-28)26(31)32/h2-14,17-18H,15-16H2,1H3,(H,30,33)(H,31,32). The first-order valence-electron chi connectivity index (χ1n) is 11.4. The van der Waals surface area contributed by atoms with E-state index in [0.29, 0.717) is 18.5 Å². The summed E-state index contributed by atoms with van der Waals surface area (Å²) >= 11 is 1.30. The van der Waals surface area contributed by atoms with Crippen molar-refractivity contribution in [3.05, 3.63) is 96.2 Å². The molecular formula is C28H24N2O4S. The van der Waals surface area contributed by atoms with Gasteiger partial charge in [-0.1, -0.05) is 78.9 Å². The van der Waals surface area contributed by atoms with Crippen molar-refractivity contribution in [2.75, 3.05) is 5.32 Å². The molecule has 1 atom stereocenters. The van der Waals surface area contributed by atoms with E-state index in [-0.39, 0.29) is 6.10 Å². The quantitative estimate of drug-likeness (QED) is 0.298. The van der Waals surface area contributed by atoms with E-state index >= 15 is 0 Å². The summed E-state index contributed by atoms with van der Waals surface area (Å²) in [5.41, 5.74) is 4.66. The lowest BCUT2D eigenvalue weighted by Crippen LogP contribution is -2.19. The van der Waals surface area contributed by atoms with Gasteiger partial charge in [0.15, 0.2) is 0 Å². The molecule has 7 heteroatoms. The molecule has 0 aliphatic heterocycles. The summed E-state index contributed by atoms with van der Waals surface area (Å²) in [5, 5.41) is 12.3. The average molecular weight is 485 g/mol. The normalized spacial score (nSPS) is 14.7. The number of hydrogen-bond donors (Lipinski definition) is 2. The Morgan fingerprint density at radius 3 is 2.14 bits per heavy atom. The van der Waals surface area contributed by atoms with Crippen LogP contribution in [0.15, 0.2) is 85.1 Å². The fourth-order valence-electron chi connectivity index (χ4n) is 4.18. The molecule has 176 valence electrons. The zero-order chi connectivity index (χ0) is 24.4. The molecule has 0 spiro atoms. The number of hydrogen-bond acceptors (Lipinski definition) is 5. The molecule has 1 fully saturated rings. The maximum absolute atomic E-state index is 12.5. The number of ether oxygens (including phenoxy) is 1. The van der Waals surface area contributed by atoms with Crippen molar-refractivity contribution < 1.29 is 19.4 Å². The molecule has 0 saturated heterocycles. The summed E-state index contributed by atoms with van der Waals surface area (Å²) in [5.74, 6) is -0.748. The van der Waals surface area contributed by atoms with Crippen molar-refractivity contribution in [2.45, 2.75) is 31.3 Å². The van der Waals surface area contributed by atoms with Crippen LogP contribution in [0.5, 0.6) is 0 Å². The van der Waals surface area contributed by atoms with E-state index in [9.17, 15) is 14.7 Å². The van der Waals surface area contributed by atoms with Crippen molar-refractivity contribution in [3.63, 3.8) is 0 Å². The maximum Gasteiger partial charge on any atom is 0.412 e. The number of carboxylic acids is 1. The second-order valence-electron chi connectivity index (χ2n) is 8.69. The van der Waals surface area contributed by atoms with Crippen LogP contribution in [0.2, 0.25) is 0 Å². The Balaban J connectivity index is 1.27. The first-order valence-corrected chi connectivity index (χ1v) is 12.2. The van der Waals surface area contributed by atoms with E-state index in [1.165, 1.54) is 11.5 Å². The summed E-state index contributed by atoms with van der Waals surface area (Å²) in [6, 6.07) is 25.3. The third kappa shape index (κ3) is 4.68. The molecule has 35 heavy (non-hydrogen) atoms. The van der Waals surface area contributed by atoms with Crippen LogP contribution >= 0.6 is 11.5 Å². The summed E-state index contributed by atoms with van der Waals surface area (Å²) in [7, 11) is 0. The first kappa shape index (κ1) is 22.8. The molecule has 0 bridgehead atoms. The molecule has 1 aromatic heterocycles. The minimum Gasteiger partial charge on any atom is -0.481 e. The third-order valence-corrected chi connectivity index (χ3v) is 7.29. The number of carbonyl (C=O) groups excluding carboxylic acids is 1. The smallest absolute Gasteiger partial charge is 0.412 e. The predicted octanol–water partition coefficient (Wildman–Crippen LogP) is 6.90. The van der Waals surface area contributed by atoms with Crippen molar-refractivity contribution in [2.24, 2.45) is 0 Å². The number of rotatable bonds is 7. The number of aliphatic carboxylic acids is 1. The molecule has 2 N–H and O–H groups in total. The molecule has 1 heterocycles. The van der Waals surface area contributed by atoms with Gasteiger partial charge in [0.2, 0.25) is 0 Å². The monoisotopic (exact) mass is 484 g/mol. The van der Waals surface area contributed by atoms with Crippen molar-refractivity contribution in [1.29, 1.82) is 0 Å². The highest BCUT2D eigenvalue weighted by Gasteiger charge is 2.51. The van der Waals surface area contributed by atoms with Gasteiger partial charge in [-0.2, -0.15) is 4.37 Å². The van der Waals surface area contributed by atoms with Crippen LogP contribution in [-0.2, 0) is 14.9 Å². The number of amides is 1. The largest absolute Gasteiger partial charge is 0.481 e. The Hall–Kier alpha value is -3.97. The fourth-order valence-corrected chi connectivity index (χ4v) is 4.88. The van der Waals surface area contributed by atoms with Crippen LogP contribution in [0, 0.1) is 0 Å². The van der Waals surface area contributed by atoms with E-state index in [1.807, 2.05) is 85.8 Å². The molecule has 0 radical (unpaired) electrons. The van der Waals surface area contributed by atoms with Gasteiger partial charge in [0.25, 0.3) is 0 Å². The van der Waals surface area contributed by atoms with Crippen LogP contribution in [-0.4, -0.2) is 21.5 Å². The van der Waals surface area contributed by atoms with Gasteiger partial charge in [0, 0.05) is 0 Å². The van der Waals surface area contributed by atoms with E-state index in [0.717, 1.165) is 32.7 Å². The van der Waals surface area contributed by atoms with E-state index in [4.69, 9.17) is 4.74 Å². The molecule has 3 aromatic carbocycles. The van der Waals surface area contributed by atoms with Crippen LogP contribution < -0.4 is 5.32 Å². The highest BCUT2D eigenvalue weighted by molar-refractivity contribution is 7.10. The lowest BCUT2D eigenvalue weighted by Gasteiger charge is -2.14. The predicted molar refractivity (Wildman–Crippen MR) is 136 cm³/mol. The van der Waals surface area contributed by atoms with Crippen LogP contribution in [0.1, 0.15) is 37.0 Å². The van der Waals surface area contributed by atoms with Crippen molar-refractivity contribution >= 4 is 29.3 Å². The average Bonchev–Trinajstić information content (AvgIpc) is 3.58. The summed E-state index contributed by atoms with van der Waals surface area (Å²) in [6.07, 6.45) is 2.11. The number of aromatic nitrogens is 1. The fraction of sp³-hybridized carbons (Fsp3) is 0.179. The third-order valence-electron chi connectivity index (χ3n) is 6.44. The maximum atomic E-state index is 12.5. The Bertz CT molecular complexity index is 1340. The van der Waals surface area contributed by atoms with Crippen molar-refractivity contribution in [3.8, 4) is 21.6 Å². The minimum atomic E-state index is -0.748. The van der Waals surface area contributed by atoms with Gasteiger partial charge in [-0.05, 0) is 59.1 Å². The topological polar surface area (TPSA) is 88.5 Å². The van der Waals surface area contributed by atoms with Gasteiger partial charge in [-0.3, -0.25) is 10.1 Å². The van der Waals surface area contributed by atoms with Crippen LogP contribution in [0.3, 0.4) is 0 Å². The van der Waals surface area contributed by atoms with Gasteiger partial charge in [0.05, 0.1) is 22.2 Å². The number of nitrogens with zero attached hydrogens (tertiary/aromatic N) is 1. The van der Waals surface area contributed by atoms with E-state index in [2.05, 4.69) is 9.69 Å². The number of nitrogens with one attached hydrogen (secondary N) is 1. The highest BCUT2D eigenvalue weighted by Crippen LogP contribution is 2.48. The highest BCUT2D eigenvalue weighted by atomic mass is 32.1. The molecule has 1 unspecified atom stereocenters. The Morgan fingerprint density at radius 2 is 1.54 bits per heavy atom. The lowest BCUT2D eigenvalue weighted by atomic mass is 9.93. The molecule has 1 aliphatic carbocycles. The molecule has 1 aliphatic rings. The summed E-state index contributed by atoms with van der Waals surface area (Å²) < 4.78 is 9.77. The van der Waals surface area contributed by atoms with Gasteiger partial charge >= 0.3 is 12.1 Å². The van der Waals surface area contributed by atoms with Gasteiger partial charge < -0.3 is 9.84 Å². The second-order valence-corrected chi connectivity index (χ2v) is 9.50. The minimum absolute atomic E-state index is 0.373. The summed E-state index contributed by atoms with van der Waals surface area (Å²) in [6.45, 7) is 1.83. The molecule has 1 amide bonds. The lowest BCUT2D eigenvalue weighted by molar-refractivity contribution is -0.140. The number of carbonyl (C=O) groups is 2. The first-order chi connectivity index (χ1) is 17.0. The van der Waals surface area contributed by atoms with Gasteiger partial charge in [-0.15, -0.1) is 0 Å². The van der Waals surface area contributed by atoms with Gasteiger partial charge in [-0.25, -0.2) is 4.79 Å². The Kier molecular flexibility index (Phi) is 6.09. The molecule has 5 rings (SSSR count). The van der Waals surface area contributed by atoms with Crippen LogP contribution in [0.4, 0.5) is 10.5 Å². The molecular weight excluding hydrogens is 460 g/mol. The Morgan fingerprint density at radius 1 is 0.943 bits per heavy atom. The Labute approximate surface area is 207 Å². The number of benzene rings is 3. The zero-order valence-electron chi connectivity index (χ0n) is 19.1. The molecule has 6 nitrogen and oxygen atoms in total. The molecule has 4 aromatic rings. The van der Waals surface area contributed by atoms with E-state index in [1.54, 1.807) is 6.20 Å². The number of carboxylic acid groups (broad SMARTS) is 1. The van der Waals surface area contributed by atoms with Gasteiger partial charge in [0.1, 0.15) is 6.10 Å². The molecule has 1 saturated carbocycles. The summed E-state index contributed by atoms with van der Waals surface area (Å²) in [4.78, 5) is 24.9. The number of anilines is 1. The van der Waals surface area contributed by atoms with E-state index < -0.39 is 17.5 Å².